The van der Waals surface area contributed by atoms with Crippen LogP contribution in [0.25, 0.3) is 0 Å². The molecule has 1 rings (SSSR count). The van der Waals surface area contributed by atoms with E-state index in [9.17, 15) is 5.11 Å². The Balaban J connectivity index is 2.99. The molecule has 1 aromatic carbocycles. The Hall–Kier alpha value is -1.10. The van der Waals surface area contributed by atoms with Crippen molar-refractivity contribution < 1.29 is 14.9 Å². The molecule has 102 valence electrons. The van der Waals surface area contributed by atoms with Crippen molar-refractivity contribution in [2.24, 2.45) is 5.73 Å². The van der Waals surface area contributed by atoms with Gasteiger partial charge >= 0.3 is 0 Å². The number of aliphatic hydroxyl groups is 2. The monoisotopic (exact) mass is 253 g/mol. The van der Waals surface area contributed by atoms with E-state index in [1.54, 1.807) is 0 Å². The van der Waals surface area contributed by atoms with Crippen molar-refractivity contribution in [2.75, 3.05) is 13.2 Å². The van der Waals surface area contributed by atoms with Crippen molar-refractivity contribution in [2.45, 2.75) is 39.3 Å². The number of aliphatic hydroxyl groups excluding tert-OH is 2. The van der Waals surface area contributed by atoms with E-state index in [0.29, 0.717) is 13.0 Å². The molecule has 2 unspecified atom stereocenters. The van der Waals surface area contributed by atoms with Crippen molar-refractivity contribution in [3.63, 3.8) is 0 Å². The molecule has 0 saturated carbocycles. The Morgan fingerprint density at radius 1 is 1.28 bits per heavy atom. The van der Waals surface area contributed by atoms with Crippen molar-refractivity contribution in [1.82, 2.24) is 0 Å². The molecule has 0 fully saturated rings. The zero-order chi connectivity index (χ0) is 13.7. The van der Waals surface area contributed by atoms with Crippen LogP contribution in [-0.2, 0) is 0 Å². The molecule has 1 aromatic rings. The van der Waals surface area contributed by atoms with E-state index < -0.39 is 12.1 Å². The third kappa shape index (κ3) is 3.45. The van der Waals surface area contributed by atoms with E-state index in [0.717, 1.165) is 22.4 Å². The van der Waals surface area contributed by atoms with Gasteiger partial charge in [0.1, 0.15) is 5.75 Å². The lowest BCUT2D eigenvalue weighted by Crippen LogP contribution is -2.29. The Labute approximate surface area is 108 Å². The Bertz CT molecular complexity index is 393. The van der Waals surface area contributed by atoms with Crippen molar-refractivity contribution >= 4 is 0 Å². The predicted molar refractivity (Wildman–Crippen MR) is 71.7 cm³/mol. The van der Waals surface area contributed by atoms with Gasteiger partial charge in [0.15, 0.2) is 0 Å². The topological polar surface area (TPSA) is 75.7 Å². The Morgan fingerprint density at radius 3 is 2.50 bits per heavy atom. The summed E-state index contributed by atoms with van der Waals surface area (Å²) in [6, 6.07) is 3.37. The summed E-state index contributed by atoms with van der Waals surface area (Å²) in [5.74, 6) is 0.835. The fraction of sp³-hybridized carbons (Fsp3) is 0.571. The summed E-state index contributed by atoms with van der Waals surface area (Å²) in [7, 11) is 0. The van der Waals surface area contributed by atoms with Gasteiger partial charge in [0.05, 0.1) is 12.7 Å². The van der Waals surface area contributed by atoms with Crippen LogP contribution in [0.1, 0.15) is 36.1 Å². The van der Waals surface area contributed by atoms with E-state index in [2.05, 4.69) is 0 Å². The third-order valence-corrected chi connectivity index (χ3v) is 3.05. The van der Waals surface area contributed by atoms with Crippen LogP contribution >= 0.6 is 0 Å². The summed E-state index contributed by atoms with van der Waals surface area (Å²) in [6.07, 6.45) is -0.376. The molecule has 0 aliphatic heterocycles. The summed E-state index contributed by atoms with van der Waals surface area (Å²) in [5.41, 5.74) is 8.57. The van der Waals surface area contributed by atoms with Gasteiger partial charge in [0.25, 0.3) is 0 Å². The highest BCUT2D eigenvalue weighted by atomic mass is 16.5. The molecule has 0 aliphatic carbocycles. The minimum atomic E-state index is -0.758. The largest absolute Gasteiger partial charge is 0.494 e. The molecule has 4 N–H and O–H groups in total. The second-order valence-electron chi connectivity index (χ2n) is 4.53. The molecule has 2 atom stereocenters. The lowest BCUT2D eigenvalue weighted by atomic mass is 9.94. The van der Waals surface area contributed by atoms with Crippen LogP contribution in [0, 0.1) is 13.8 Å². The molecular formula is C14H23NO3. The van der Waals surface area contributed by atoms with Crippen LogP contribution < -0.4 is 10.5 Å². The number of benzene rings is 1. The third-order valence-electron chi connectivity index (χ3n) is 3.05. The summed E-state index contributed by atoms with van der Waals surface area (Å²) < 4.78 is 5.51. The lowest BCUT2D eigenvalue weighted by molar-refractivity contribution is 0.128. The van der Waals surface area contributed by atoms with Crippen LogP contribution in [-0.4, -0.2) is 29.5 Å². The smallest absolute Gasteiger partial charge is 0.122 e. The standard InChI is InChI=1S/C14H23NO3/c1-4-18-13-8-9(2)11(7-10(13)3)14(17)12(15)5-6-16/h7-8,12,14,16-17H,4-6,15H2,1-3H3. The SMILES string of the molecule is CCOc1cc(C)c(C(O)C(N)CCO)cc1C. The second-order valence-corrected chi connectivity index (χ2v) is 4.53. The predicted octanol–water partition coefficient (Wildman–Crippen LogP) is 1.45. The van der Waals surface area contributed by atoms with Crippen molar-refractivity contribution in [1.29, 1.82) is 0 Å². The maximum absolute atomic E-state index is 10.2. The molecule has 0 radical (unpaired) electrons. The minimum Gasteiger partial charge on any atom is -0.494 e. The molecule has 0 aromatic heterocycles. The van der Waals surface area contributed by atoms with Gasteiger partial charge in [-0.05, 0) is 56.0 Å². The number of nitrogens with two attached hydrogens (primary N) is 1. The van der Waals surface area contributed by atoms with Gasteiger partial charge in [-0.15, -0.1) is 0 Å². The van der Waals surface area contributed by atoms with Gasteiger partial charge in [0, 0.05) is 12.6 Å². The number of aryl methyl sites for hydroxylation is 2. The maximum Gasteiger partial charge on any atom is 0.122 e. The molecule has 0 bridgehead atoms. The first-order chi connectivity index (χ1) is 8.51. The molecule has 0 amide bonds. The fourth-order valence-electron chi connectivity index (χ4n) is 1.98. The first kappa shape index (κ1) is 15.0. The summed E-state index contributed by atoms with van der Waals surface area (Å²) in [5, 5.41) is 19.0. The van der Waals surface area contributed by atoms with Gasteiger partial charge in [-0.3, -0.25) is 0 Å². The van der Waals surface area contributed by atoms with Gasteiger partial charge < -0.3 is 20.7 Å². The Kier molecular flexibility index (Phi) is 5.59. The molecule has 0 aliphatic rings. The normalized spacial score (nSPS) is 14.3. The average Bonchev–Trinajstić information content (AvgIpc) is 2.33. The van der Waals surface area contributed by atoms with E-state index in [1.165, 1.54) is 0 Å². The quantitative estimate of drug-likeness (QED) is 0.717. The van der Waals surface area contributed by atoms with E-state index >= 15 is 0 Å². The van der Waals surface area contributed by atoms with E-state index in [-0.39, 0.29) is 6.61 Å². The van der Waals surface area contributed by atoms with Crippen LogP contribution in [0.2, 0.25) is 0 Å². The Morgan fingerprint density at radius 2 is 1.94 bits per heavy atom. The van der Waals surface area contributed by atoms with E-state index in [1.807, 2.05) is 32.9 Å². The first-order valence-corrected chi connectivity index (χ1v) is 6.29. The molecule has 0 heterocycles. The van der Waals surface area contributed by atoms with Gasteiger partial charge in [-0.2, -0.15) is 0 Å². The van der Waals surface area contributed by atoms with Gasteiger partial charge in [-0.1, -0.05) is 0 Å². The van der Waals surface area contributed by atoms with Crippen LogP contribution in [0.4, 0.5) is 0 Å². The molecule has 0 spiro atoms. The van der Waals surface area contributed by atoms with E-state index in [4.69, 9.17) is 15.6 Å². The molecule has 0 saturated heterocycles. The first-order valence-electron chi connectivity index (χ1n) is 6.29. The second kappa shape index (κ2) is 6.73. The average molecular weight is 253 g/mol. The maximum atomic E-state index is 10.2. The van der Waals surface area contributed by atoms with Gasteiger partial charge in [0.2, 0.25) is 0 Å². The number of hydrogen-bond acceptors (Lipinski definition) is 4. The van der Waals surface area contributed by atoms with Crippen molar-refractivity contribution in [3.8, 4) is 5.75 Å². The highest BCUT2D eigenvalue weighted by Gasteiger charge is 2.19. The highest BCUT2D eigenvalue weighted by molar-refractivity contribution is 5.42. The number of ether oxygens (including phenoxy) is 1. The summed E-state index contributed by atoms with van der Waals surface area (Å²) in [4.78, 5) is 0. The van der Waals surface area contributed by atoms with Gasteiger partial charge in [-0.25, -0.2) is 0 Å². The van der Waals surface area contributed by atoms with Crippen LogP contribution in [0.5, 0.6) is 5.75 Å². The van der Waals surface area contributed by atoms with Crippen LogP contribution in [0.15, 0.2) is 12.1 Å². The number of rotatable bonds is 6. The molecule has 18 heavy (non-hydrogen) atoms. The molecule has 4 nitrogen and oxygen atoms in total. The summed E-state index contributed by atoms with van der Waals surface area (Å²) in [6.45, 7) is 6.40. The number of hydrogen-bond donors (Lipinski definition) is 3. The summed E-state index contributed by atoms with van der Waals surface area (Å²) >= 11 is 0. The zero-order valence-electron chi connectivity index (χ0n) is 11.3. The minimum absolute atomic E-state index is 0.0205. The lowest BCUT2D eigenvalue weighted by Gasteiger charge is -2.21. The fourth-order valence-corrected chi connectivity index (χ4v) is 1.98. The highest BCUT2D eigenvalue weighted by Crippen LogP contribution is 2.28. The van der Waals surface area contributed by atoms with Crippen LogP contribution in [0.3, 0.4) is 0 Å². The molecule has 4 heteroatoms. The van der Waals surface area contributed by atoms with Crippen molar-refractivity contribution in [3.05, 3.63) is 28.8 Å². The zero-order valence-corrected chi connectivity index (χ0v) is 11.3. The molecular weight excluding hydrogens is 230 g/mol.